The maximum atomic E-state index is 12.4. The van der Waals surface area contributed by atoms with Crippen molar-refractivity contribution in [1.82, 2.24) is 0 Å². The minimum Gasteiger partial charge on any atom is -0.388 e. The molecular formula is C22H37NO3S. The van der Waals surface area contributed by atoms with Crippen molar-refractivity contribution in [3.63, 3.8) is 0 Å². The molecule has 154 valence electrons. The maximum Gasteiger partial charge on any atom is 0.232 e. The summed E-state index contributed by atoms with van der Waals surface area (Å²) < 4.78 is 26.2. The zero-order valence-electron chi connectivity index (χ0n) is 17.3. The first-order chi connectivity index (χ1) is 12.8. The van der Waals surface area contributed by atoms with Gasteiger partial charge in [-0.25, -0.2) is 8.42 Å². The summed E-state index contributed by atoms with van der Waals surface area (Å²) in [4.78, 5) is 0. The van der Waals surface area contributed by atoms with E-state index in [1.165, 1.54) is 29.8 Å². The lowest BCUT2D eigenvalue weighted by atomic mass is 9.61. The van der Waals surface area contributed by atoms with Crippen LogP contribution < -0.4 is 4.31 Å². The van der Waals surface area contributed by atoms with Gasteiger partial charge in [-0.2, -0.15) is 0 Å². The topological polar surface area (TPSA) is 57.6 Å². The summed E-state index contributed by atoms with van der Waals surface area (Å²) in [5, 5.41) is 11.0. The van der Waals surface area contributed by atoms with E-state index in [1.54, 1.807) is 0 Å². The van der Waals surface area contributed by atoms with E-state index in [9.17, 15) is 13.5 Å². The highest BCUT2D eigenvalue weighted by Gasteiger charge is 2.43. The van der Waals surface area contributed by atoms with Gasteiger partial charge in [0.15, 0.2) is 0 Å². The second kappa shape index (κ2) is 9.92. The Hall–Kier alpha value is -1.07. The van der Waals surface area contributed by atoms with Crippen LogP contribution in [0.3, 0.4) is 0 Å². The maximum absolute atomic E-state index is 12.4. The van der Waals surface area contributed by atoms with E-state index < -0.39 is 16.1 Å². The van der Waals surface area contributed by atoms with E-state index in [0.29, 0.717) is 12.2 Å². The summed E-state index contributed by atoms with van der Waals surface area (Å²) >= 11 is 0. The van der Waals surface area contributed by atoms with E-state index in [4.69, 9.17) is 0 Å². The molecule has 1 unspecified atom stereocenters. The molecule has 0 aliphatic heterocycles. The summed E-state index contributed by atoms with van der Waals surface area (Å²) in [6.45, 7) is 4.84. The quantitative estimate of drug-likeness (QED) is 0.480. The van der Waals surface area contributed by atoms with Crippen molar-refractivity contribution in [3.05, 3.63) is 29.8 Å². The van der Waals surface area contributed by atoms with E-state index in [2.05, 4.69) is 13.8 Å². The third kappa shape index (κ3) is 5.71. The van der Waals surface area contributed by atoms with Crippen LogP contribution in [0.15, 0.2) is 24.3 Å². The first-order valence-corrected chi connectivity index (χ1v) is 12.4. The summed E-state index contributed by atoms with van der Waals surface area (Å²) in [7, 11) is -3.34. The number of hydrogen-bond donors (Lipinski definition) is 1. The number of anilines is 1. The molecule has 4 nitrogen and oxygen atoms in total. The van der Waals surface area contributed by atoms with Crippen LogP contribution in [-0.2, 0) is 10.0 Å². The van der Waals surface area contributed by atoms with Crippen molar-refractivity contribution in [3.8, 4) is 0 Å². The molecule has 1 atom stereocenters. The fraction of sp³-hybridized carbons (Fsp3) is 0.727. The van der Waals surface area contributed by atoms with Crippen LogP contribution in [0.1, 0.15) is 89.7 Å². The molecule has 1 aromatic carbocycles. The lowest BCUT2D eigenvalue weighted by Crippen LogP contribution is -2.36. The molecule has 1 N–H and O–H groups in total. The molecule has 1 saturated carbocycles. The minimum absolute atomic E-state index is 0.0244. The van der Waals surface area contributed by atoms with Crippen molar-refractivity contribution >= 4 is 15.7 Å². The number of hydrogen-bond acceptors (Lipinski definition) is 3. The van der Waals surface area contributed by atoms with Gasteiger partial charge in [-0.3, -0.25) is 4.31 Å². The molecule has 2 rings (SSSR count). The number of unbranched alkanes of at least 4 members (excludes halogenated alkanes) is 4. The molecule has 0 amide bonds. The Kier molecular flexibility index (Phi) is 8.17. The summed E-state index contributed by atoms with van der Waals surface area (Å²) in [5.74, 6) is 0. The van der Waals surface area contributed by atoms with Crippen LogP contribution in [-0.4, -0.2) is 26.3 Å². The van der Waals surface area contributed by atoms with E-state index in [1.807, 2.05) is 24.3 Å². The van der Waals surface area contributed by atoms with Crippen molar-refractivity contribution < 1.29 is 13.5 Å². The average molecular weight is 396 g/mol. The van der Waals surface area contributed by atoms with Gasteiger partial charge in [0, 0.05) is 12.0 Å². The highest BCUT2D eigenvalue weighted by atomic mass is 32.2. The van der Waals surface area contributed by atoms with Crippen LogP contribution in [0.2, 0.25) is 0 Å². The molecule has 0 bridgehead atoms. The number of sulfonamides is 1. The minimum atomic E-state index is -3.34. The lowest BCUT2D eigenvalue weighted by molar-refractivity contribution is -0.0440. The standard InChI is InChI=1S/C22H37NO3S/c1-4-6-7-8-9-17-23(27(3,25)26)20-13-10-12-19(18-20)21(24)22(14-5-2)15-11-16-22/h10,12-13,18,21,24H,4-9,11,14-17H2,1-3H3. The normalized spacial score (nSPS) is 17.3. The number of aliphatic hydroxyl groups is 1. The fourth-order valence-corrected chi connectivity index (χ4v) is 5.30. The molecule has 1 aliphatic carbocycles. The van der Waals surface area contributed by atoms with Crippen LogP contribution in [0, 0.1) is 5.41 Å². The van der Waals surface area contributed by atoms with Gasteiger partial charge in [-0.05, 0) is 43.4 Å². The number of benzene rings is 1. The zero-order valence-corrected chi connectivity index (χ0v) is 18.1. The van der Waals surface area contributed by atoms with Gasteiger partial charge in [0.2, 0.25) is 10.0 Å². The Balaban J connectivity index is 2.16. The van der Waals surface area contributed by atoms with Gasteiger partial charge in [0.25, 0.3) is 0 Å². The van der Waals surface area contributed by atoms with E-state index in [0.717, 1.165) is 50.5 Å². The van der Waals surface area contributed by atoms with Gasteiger partial charge in [0.1, 0.15) is 0 Å². The Morgan fingerprint density at radius 1 is 1.11 bits per heavy atom. The molecule has 0 saturated heterocycles. The molecule has 0 heterocycles. The fourth-order valence-electron chi connectivity index (χ4n) is 4.34. The van der Waals surface area contributed by atoms with Crippen molar-refractivity contribution in [2.45, 2.75) is 84.2 Å². The lowest BCUT2D eigenvalue weighted by Gasteiger charge is -2.46. The summed E-state index contributed by atoms with van der Waals surface area (Å²) in [5.41, 5.74) is 1.50. The summed E-state index contributed by atoms with van der Waals surface area (Å²) in [6.07, 6.45) is 11.5. The second-order valence-corrected chi connectivity index (χ2v) is 10.1. The van der Waals surface area contributed by atoms with Crippen LogP contribution in [0.4, 0.5) is 5.69 Å². The third-order valence-electron chi connectivity index (χ3n) is 6.02. The number of aliphatic hydroxyl groups excluding tert-OH is 1. The van der Waals surface area contributed by atoms with Gasteiger partial charge in [0.05, 0.1) is 18.0 Å². The van der Waals surface area contributed by atoms with Crippen molar-refractivity contribution in [2.24, 2.45) is 5.41 Å². The highest BCUT2D eigenvalue weighted by molar-refractivity contribution is 7.92. The van der Waals surface area contributed by atoms with Crippen LogP contribution in [0.25, 0.3) is 0 Å². The monoisotopic (exact) mass is 395 g/mol. The number of rotatable bonds is 12. The average Bonchev–Trinajstić information content (AvgIpc) is 2.59. The van der Waals surface area contributed by atoms with Crippen LogP contribution in [0.5, 0.6) is 0 Å². The molecule has 0 radical (unpaired) electrons. The smallest absolute Gasteiger partial charge is 0.232 e. The number of nitrogens with zero attached hydrogens (tertiary/aromatic N) is 1. The molecule has 5 heteroatoms. The summed E-state index contributed by atoms with van der Waals surface area (Å²) in [6, 6.07) is 7.54. The Morgan fingerprint density at radius 2 is 1.81 bits per heavy atom. The molecule has 0 aromatic heterocycles. The van der Waals surface area contributed by atoms with Gasteiger partial charge < -0.3 is 5.11 Å². The van der Waals surface area contributed by atoms with Gasteiger partial charge >= 0.3 is 0 Å². The van der Waals surface area contributed by atoms with Crippen LogP contribution >= 0.6 is 0 Å². The molecule has 0 spiro atoms. The second-order valence-electron chi connectivity index (χ2n) is 8.21. The SMILES string of the molecule is CCCCCCCN(c1cccc(C(O)C2(CCC)CCC2)c1)S(C)(=O)=O. The van der Waals surface area contributed by atoms with Gasteiger partial charge in [-0.15, -0.1) is 0 Å². The Morgan fingerprint density at radius 3 is 2.37 bits per heavy atom. The van der Waals surface area contributed by atoms with E-state index >= 15 is 0 Å². The zero-order chi connectivity index (χ0) is 19.9. The van der Waals surface area contributed by atoms with E-state index in [-0.39, 0.29) is 5.41 Å². The van der Waals surface area contributed by atoms with Gasteiger partial charge in [-0.1, -0.05) is 64.5 Å². The largest absolute Gasteiger partial charge is 0.388 e. The molecule has 1 aliphatic rings. The van der Waals surface area contributed by atoms with Crippen molar-refractivity contribution in [2.75, 3.05) is 17.1 Å². The third-order valence-corrected chi connectivity index (χ3v) is 7.21. The Bertz CT molecular complexity index is 683. The molecule has 1 fully saturated rings. The predicted molar refractivity (Wildman–Crippen MR) is 114 cm³/mol. The first-order valence-electron chi connectivity index (χ1n) is 10.6. The van der Waals surface area contributed by atoms with Crippen molar-refractivity contribution in [1.29, 1.82) is 0 Å². The first kappa shape index (κ1) is 22.2. The molecule has 27 heavy (non-hydrogen) atoms. The molecular weight excluding hydrogens is 358 g/mol. The predicted octanol–water partition coefficient (Wildman–Crippen LogP) is 5.43. The molecule has 1 aromatic rings. The Labute approximate surface area is 166 Å². The highest BCUT2D eigenvalue weighted by Crippen LogP contribution is 2.53.